The summed E-state index contributed by atoms with van der Waals surface area (Å²) >= 11 is 0. The van der Waals surface area contributed by atoms with E-state index in [0.717, 1.165) is 50.8 Å². The Morgan fingerprint density at radius 1 is 0.232 bits per heavy atom. The topological polar surface area (TPSA) is 35.6 Å². The second-order valence-corrected chi connectivity index (χ2v) is 14.2. The van der Waals surface area contributed by atoms with Crippen molar-refractivity contribution in [2.45, 2.75) is 0 Å². The lowest BCUT2D eigenvalue weighted by Crippen LogP contribution is -1.95. The number of fused-ring (bicyclic) bond motifs is 6. The van der Waals surface area contributed by atoms with Crippen LogP contribution in [0.3, 0.4) is 0 Å². The summed E-state index contributed by atoms with van der Waals surface area (Å²) in [6.07, 6.45) is 0. The standard InChI is InChI=1S/C52H34N4/c1-5-19-49-41(11-1)42-12-2-6-20-50(42)55(49)39-31-27-36(28-32-39)35-23-25-37(26-24-35)45-15-9-17-47(53-45)48-18-10-16-46(54-48)38-29-33-40(34-30-38)56-51-21-7-3-13-43(51)44-14-4-8-22-52(44)56/h1-34H. The zero-order chi connectivity index (χ0) is 37.0. The van der Waals surface area contributed by atoms with E-state index >= 15 is 0 Å². The SMILES string of the molecule is c1cc(-c2ccc(-c3ccc(-n4c5ccccc5c5ccccc54)cc3)cc2)nc(-c2cccc(-c3ccc(-n4c5ccccc5c5ccccc54)cc3)n2)c1. The van der Waals surface area contributed by atoms with Crippen LogP contribution in [0.2, 0.25) is 0 Å². The van der Waals surface area contributed by atoms with Crippen LogP contribution in [0.15, 0.2) is 206 Å². The lowest BCUT2D eigenvalue weighted by Gasteiger charge is -2.10. The Morgan fingerprint density at radius 3 is 0.893 bits per heavy atom. The Labute approximate surface area is 324 Å². The lowest BCUT2D eigenvalue weighted by molar-refractivity contribution is 1.18. The van der Waals surface area contributed by atoms with E-state index < -0.39 is 0 Å². The highest BCUT2D eigenvalue weighted by atomic mass is 15.0. The molecule has 0 fully saturated rings. The molecule has 4 heteroatoms. The number of benzene rings is 7. The molecule has 0 radical (unpaired) electrons. The van der Waals surface area contributed by atoms with Crippen molar-refractivity contribution in [1.82, 2.24) is 19.1 Å². The first kappa shape index (κ1) is 31.9. The molecule has 56 heavy (non-hydrogen) atoms. The number of aromatic nitrogens is 4. The number of nitrogens with zero attached hydrogens (tertiary/aromatic N) is 4. The number of hydrogen-bond acceptors (Lipinski definition) is 2. The van der Waals surface area contributed by atoms with E-state index in [1.807, 2.05) is 12.1 Å². The van der Waals surface area contributed by atoms with Gasteiger partial charge in [0.1, 0.15) is 0 Å². The molecule has 4 heterocycles. The number of hydrogen-bond donors (Lipinski definition) is 0. The van der Waals surface area contributed by atoms with Gasteiger partial charge < -0.3 is 9.13 Å². The molecule has 0 saturated carbocycles. The van der Waals surface area contributed by atoms with Gasteiger partial charge in [-0.3, -0.25) is 0 Å². The van der Waals surface area contributed by atoms with Gasteiger partial charge >= 0.3 is 0 Å². The molecule has 11 aromatic rings. The van der Waals surface area contributed by atoms with Crippen LogP contribution >= 0.6 is 0 Å². The fourth-order valence-corrected chi connectivity index (χ4v) is 8.30. The first-order valence-electron chi connectivity index (χ1n) is 19.0. The highest BCUT2D eigenvalue weighted by molar-refractivity contribution is 6.10. The Kier molecular flexibility index (Phi) is 7.46. The minimum absolute atomic E-state index is 0.843. The molecular weight excluding hydrogens is 681 g/mol. The van der Waals surface area contributed by atoms with Crippen LogP contribution in [0.1, 0.15) is 0 Å². The van der Waals surface area contributed by atoms with Crippen LogP contribution in [0, 0.1) is 0 Å². The van der Waals surface area contributed by atoms with Gasteiger partial charge in [0, 0.05) is 44.0 Å². The Balaban J connectivity index is 0.851. The summed E-state index contributed by atoms with van der Waals surface area (Å²) < 4.78 is 4.69. The van der Waals surface area contributed by atoms with E-state index in [4.69, 9.17) is 9.97 Å². The van der Waals surface area contributed by atoms with Crippen LogP contribution in [0.25, 0.3) is 100 Å². The number of para-hydroxylation sites is 4. The molecule has 4 aromatic heterocycles. The fourth-order valence-electron chi connectivity index (χ4n) is 8.30. The van der Waals surface area contributed by atoms with Gasteiger partial charge in [-0.25, -0.2) is 9.97 Å². The van der Waals surface area contributed by atoms with Crippen molar-refractivity contribution in [2.75, 3.05) is 0 Å². The van der Waals surface area contributed by atoms with Gasteiger partial charge in [0.15, 0.2) is 0 Å². The molecule has 11 rings (SSSR count). The normalized spacial score (nSPS) is 11.6. The van der Waals surface area contributed by atoms with Crippen molar-refractivity contribution in [3.63, 3.8) is 0 Å². The van der Waals surface area contributed by atoms with Crippen LogP contribution in [0.5, 0.6) is 0 Å². The van der Waals surface area contributed by atoms with Crippen molar-refractivity contribution in [3.05, 3.63) is 206 Å². The van der Waals surface area contributed by atoms with Crippen LogP contribution in [-0.2, 0) is 0 Å². The Bertz CT molecular complexity index is 3120. The Hall–Kier alpha value is -7.56. The second-order valence-electron chi connectivity index (χ2n) is 14.2. The molecule has 0 unspecified atom stereocenters. The molecule has 0 atom stereocenters. The second kappa shape index (κ2) is 13.1. The third-order valence-electron chi connectivity index (χ3n) is 11.0. The summed E-state index contributed by atoms with van der Waals surface area (Å²) in [5.41, 5.74) is 15.1. The van der Waals surface area contributed by atoms with Gasteiger partial charge in [-0.15, -0.1) is 0 Å². The first-order chi connectivity index (χ1) is 27.8. The number of rotatable bonds is 6. The lowest BCUT2D eigenvalue weighted by atomic mass is 10.0. The maximum Gasteiger partial charge on any atom is 0.0893 e. The van der Waals surface area contributed by atoms with Crippen LogP contribution < -0.4 is 0 Å². The molecule has 0 aliphatic rings. The molecule has 0 saturated heterocycles. The quantitative estimate of drug-likeness (QED) is 0.172. The molecule has 7 aromatic carbocycles. The van der Waals surface area contributed by atoms with Gasteiger partial charge in [-0.05, 0) is 83.9 Å². The van der Waals surface area contributed by atoms with E-state index in [2.05, 4.69) is 203 Å². The highest BCUT2D eigenvalue weighted by Crippen LogP contribution is 2.35. The molecule has 0 N–H and O–H groups in total. The fraction of sp³-hybridized carbons (Fsp3) is 0. The summed E-state index contributed by atoms with van der Waals surface area (Å²) in [6, 6.07) is 73.0. The van der Waals surface area contributed by atoms with Gasteiger partial charge in [-0.2, -0.15) is 0 Å². The molecular formula is C52H34N4. The summed E-state index contributed by atoms with van der Waals surface area (Å²) in [5, 5.41) is 5.05. The van der Waals surface area contributed by atoms with Gasteiger partial charge in [0.25, 0.3) is 0 Å². The minimum Gasteiger partial charge on any atom is -0.309 e. The van der Waals surface area contributed by atoms with Gasteiger partial charge in [0.05, 0.1) is 44.8 Å². The monoisotopic (exact) mass is 714 g/mol. The van der Waals surface area contributed by atoms with Gasteiger partial charge in [0.2, 0.25) is 0 Å². The summed E-state index contributed by atoms with van der Waals surface area (Å²) in [5.74, 6) is 0. The largest absolute Gasteiger partial charge is 0.309 e. The van der Waals surface area contributed by atoms with E-state index in [-0.39, 0.29) is 0 Å². The predicted octanol–water partition coefficient (Wildman–Crippen LogP) is 13.3. The molecule has 0 aliphatic heterocycles. The third-order valence-corrected chi connectivity index (χ3v) is 11.0. The predicted molar refractivity (Wildman–Crippen MR) is 232 cm³/mol. The summed E-state index contributed by atoms with van der Waals surface area (Å²) in [4.78, 5) is 10.2. The van der Waals surface area contributed by atoms with Gasteiger partial charge in [-0.1, -0.05) is 133 Å². The van der Waals surface area contributed by atoms with E-state index in [1.54, 1.807) is 0 Å². The summed E-state index contributed by atoms with van der Waals surface area (Å²) in [6.45, 7) is 0. The third kappa shape index (κ3) is 5.31. The van der Waals surface area contributed by atoms with E-state index in [9.17, 15) is 0 Å². The number of pyridine rings is 2. The molecule has 0 spiro atoms. The molecule has 4 nitrogen and oxygen atoms in total. The van der Waals surface area contributed by atoms with Crippen molar-refractivity contribution < 1.29 is 0 Å². The molecule has 0 bridgehead atoms. The summed E-state index contributed by atoms with van der Waals surface area (Å²) in [7, 11) is 0. The maximum atomic E-state index is 5.08. The molecule has 0 amide bonds. The van der Waals surface area contributed by atoms with Crippen LogP contribution in [0.4, 0.5) is 0 Å². The Morgan fingerprint density at radius 2 is 0.518 bits per heavy atom. The first-order valence-corrected chi connectivity index (χ1v) is 19.0. The van der Waals surface area contributed by atoms with Crippen molar-refractivity contribution in [2.24, 2.45) is 0 Å². The van der Waals surface area contributed by atoms with Crippen molar-refractivity contribution in [1.29, 1.82) is 0 Å². The van der Waals surface area contributed by atoms with Crippen molar-refractivity contribution >= 4 is 43.6 Å². The minimum atomic E-state index is 0.843. The smallest absolute Gasteiger partial charge is 0.0893 e. The van der Waals surface area contributed by atoms with Crippen LogP contribution in [-0.4, -0.2) is 19.1 Å². The zero-order valence-electron chi connectivity index (χ0n) is 30.4. The average molecular weight is 715 g/mol. The van der Waals surface area contributed by atoms with E-state index in [0.29, 0.717) is 0 Å². The maximum absolute atomic E-state index is 5.08. The van der Waals surface area contributed by atoms with Crippen molar-refractivity contribution in [3.8, 4) is 56.4 Å². The average Bonchev–Trinajstić information content (AvgIpc) is 3.80. The molecule has 0 aliphatic carbocycles. The zero-order valence-corrected chi connectivity index (χ0v) is 30.4. The highest BCUT2D eigenvalue weighted by Gasteiger charge is 2.14. The molecule has 262 valence electrons. The van der Waals surface area contributed by atoms with E-state index in [1.165, 1.54) is 49.2 Å².